The van der Waals surface area contributed by atoms with Gasteiger partial charge in [-0.05, 0) is 18.2 Å². The van der Waals surface area contributed by atoms with Gasteiger partial charge in [0.2, 0.25) is 0 Å². The van der Waals surface area contributed by atoms with Gasteiger partial charge in [-0.25, -0.2) is 4.98 Å². The molecule has 0 saturated carbocycles. The number of imidazole rings is 1. The number of H-pyrrole nitrogens is 1. The van der Waals surface area contributed by atoms with Crippen molar-refractivity contribution in [2.45, 2.75) is 6.54 Å². The molecule has 2 rings (SSSR count). The van der Waals surface area contributed by atoms with E-state index in [9.17, 15) is 4.79 Å². The number of rotatable bonds is 4. The molecule has 2 aromatic rings. The van der Waals surface area contributed by atoms with Crippen LogP contribution in [0.2, 0.25) is 0 Å². The van der Waals surface area contributed by atoms with E-state index in [0.29, 0.717) is 12.1 Å². The first-order valence-corrected chi connectivity index (χ1v) is 5.69. The fraction of sp³-hybridized carbons (Fsp3) is 0.231. The fourth-order valence-electron chi connectivity index (χ4n) is 1.58. The highest BCUT2D eigenvalue weighted by Gasteiger charge is 2.06. The SMILES string of the molecule is CN(C)c1cccc(C(=O)NCc2cnc[nH]2)c1. The quantitative estimate of drug-likeness (QED) is 0.854. The summed E-state index contributed by atoms with van der Waals surface area (Å²) >= 11 is 0. The van der Waals surface area contributed by atoms with Gasteiger partial charge in [0.25, 0.3) is 5.91 Å². The molecule has 5 heteroatoms. The van der Waals surface area contributed by atoms with E-state index >= 15 is 0 Å². The molecule has 1 heterocycles. The summed E-state index contributed by atoms with van der Waals surface area (Å²) in [6.45, 7) is 0.449. The Morgan fingerprint density at radius 2 is 2.28 bits per heavy atom. The molecule has 5 nitrogen and oxygen atoms in total. The molecule has 2 N–H and O–H groups in total. The van der Waals surface area contributed by atoms with E-state index in [1.54, 1.807) is 18.6 Å². The summed E-state index contributed by atoms with van der Waals surface area (Å²) in [5.74, 6) is -0.0895. The van der Waals surface area contributed by atoms with Crippen molar-refractivity contribution in [3.8, 4) is 0 Å². The zero-order valence-electron chi connectivity index (χ0n) is 10.5. The minimum atomic E-state index is -0.0895. The van der Waals surface area contributed by atoms with Gasteiger partial charge in [-0.1, -0.05) is 6.07 Å². The van der Waals surface area contributed by atoms with E-state index in [1.165, 1.54) is 0 Å². The van der Waals surface area contributed by atoms with Crippen molar-refractivity contribution >= 4 is 11.6 Å². The number of benzene rings is 1. The van der Waals surface area contributed by atoms with Crippen LogP contribution < -0.4 is 10.2 Å². The minimum absolute atomic E-state index is 0.0895. The Balaban J connectivity index is 2.02. The monoisotopic (exact) mass is 244 g/mol. The summed E-state index contributed by atoms with van der Waals surface area (Å²) in [4.78, 5) is 20.8. The lowest BCUT2D eigenvalue weighted by Gasteiger charge is -2.13. The number of aromatic amines is 1. The molecule has 94 valence electrons. The highest BCUT2D eigenvalue weighted by molar-refractivity contribution is 5.95. The first kappa shape index (κ1) is 12.2. The number of carbonyl (C=O) groups is 1. The first-order valence-electron chi connectivity index (χ1n) is 5.69. The second-order valence-electron chi connectivity index (χ2n) is 4.20. The van der Waals surface area contributed by atoms with Crippen molar-refractivity contribution in [2.24, 2.45) is 0 Å². The molecule has 0 saturated heterocycles. The fourth-order valence-corrected chi connectivity index (χ4v) is 1.58. The van der Waals surface area contributed by atoms with Crippen molar-refractivity contribution in [1.82, 2.24) is 15.3 Å². The predicted octanol–water partition coefficient (Wildman–Crippen LogP) is 1.41. The molecule has 0 bridgehead atoms. The van der Waals surface area contributed by atoms with Crippen molar-refractivity contribution in [3.63, 3.8) is 0 Å². The second kappa shape index (κ2) is 5.35. The number of hydrogen-bond donors (Lipinski definition) is 2. The Morgan fingerprint density at radius 3 is 2.94 bits per heavy atom. The number of carbonyl (C=O) groups excluding carboxylic acids is 1. The van der Waals surface area contributed by atoms with Gasteiger partial charge >= 0.3 is 0 Å². The molecular formula is C13H16N4O. The summed E-state index contributed by atoms with van der Waals surface area (Å²) in [5.41, 5.74) is 2.54. The van der Waals surface area contributed by atoms with Crippen LogP contribution in [-0.4, -0.2) is 30.0 Å². The van der Waals surface area contributed by atoms with Crippen LogP contribution in [0.1, 0.15) is 16.1 Å². The normalized spacial score (nSPS) is 10.1. The lowest BCUT2D eigenvalue weighted by atomic mass is 10.2. The number of aromatic nitrogens is 2. The Hall–Kier alpha value is -2.30. The van der Waals surface area contributed by atoms with Gasteiger partial charge in [0, 0.05) is 31.5 Å². The van der Waals surface area contributed by atoms with Gasteiger partial charge < -0.3 is 15.2 Å². The summed E-state index contributed by atoms with van der Waals surface area (Å²) < 4.78 is 0. The predicted molar refractivity (Wildman–Crippen MR) is 70.5 cm³/mol. The van der Waals surface area contributed by atoms with Gasteiger partial charge in [0.05, 0.1) is 18.6 Å². The van der Waals surface area contributed by atoms with E-state index < -0.39 is 0 Å². The second-order valence-corrected chi connectivity index (χ2v) is 4.20. The van der Waals surface area contributed by atoms with E-state index in [1.807, 2.05) is 37.2 Å². The summed E-state index contributed by atoms with van der Waals surface area (Å²) in [5, 5.41) is 2.84. The number of nitrogens with one attached hydrogen (secondary N) is 2. The molecule has 1 aromatic carbocycles. The molecule has 0 spiro atoms. The molecule has 1 amide bonds. The van der Waals surface area contributed by atoms with Crippen LogP contribution in [0.25, 0.3) is 0 Å². The average Bonchev–Trinajstić information content (AvgIpc) is 2.89. The number of anilines is 1. The molecule has 0 aliphatic rings. The molecule has 0 radical (unpaired) electrons. The Kier molecular flexibility index (Phi) is 3.62. The third-order valence-corrected chi connectivity index (χ3v) is 2.62. The largest absolute Gasteiger partial charge is 0.378 e. The smallest absolute Gasteiger partial charge is 0.251 e. The maximum absolute atomic E-state index is 12.0. The Bertz CT molecular complexity index is 520. The summed E-state index contributed by atoms with van der Waals surface area (Å²) in [7, 11) is 3.89. The topological polar surface area (TPSA) is 61.0 Å². The van der Waals surface area contributed by atoms with Crippen LogP contribution in [0.5, 0.6) is 0 Å². The van der Waals surface area contributed by atoms with Gasteiger partial charge in [-0.15, -0.1) is 0 Å². The highest BCUT2D eigenvalue weighted by Crippen LogP contribution is 2.13. The molecule has 0 aliphatic heterocycles. The zero-order valence-corrected chi connectivity index (χ0v) is 10.5. The Labute approximate surface area is 106 Å². The highest BCUT2D eigenvalue weighted by atomic mass is 16.1. The molecule has 0 unspecified atom stereocenters. The van der Waals surface area contributed by atoms with Crippen molar-refractivity contribution in [3.05, 3.63) is 48.0 Å². The molecular weight excluding hydrogens is 228 g/mol. The zero-order chi connectivity index (χ0) is 13.0. The summed E-state index contributed by atoms with van der Waals surface area (Å²) in [6.07, 6.45) is 3.28. The number of hydrogen-bond acceptors (Lipinski definition) is 3. The van der Waals surface area contributed by atoms with Crippen molar-refractivity contribution in [1.29, 1.82) is 0 Å². The maximum atomic E-state index is 12.0. The number of nitrogens with zero attached hydrogens (tertiary/aromatic N) is 2. The lowest BCUT2D eigenvalue weighted by molar-refractivity contribution is 0.0950. The van der Waals surface area contributed by atoms with Gasteiger partial charge in [0.1, 0.15) is 0 Å². The van der Waals surface area contributed by atoms with E-state index in [0.717, 1.165) is 11.4 Å². The lowest BCUT2D eigenvalue weighted by Crippen LogP contribution is -2.23. The van der Waals surface area contributed by atoms with Gasteiger partial charge in [-0.2, -0.15) is 0 Å². The summed E-state index contributed by atoms with van der Waals surface area (Å²) in [6, 6.07) is 7.50. The average molecular weight is 244 g/mol. The third-order valence-electron chi connectivity index (χ3n) is 2.62. The van der Waals surface area contributed by atoms with Crippen LogP contribution >= 0.6 is 0 Å². The van der Waals surface area contributed by atoms with E-state index in [4.69, 9.17) is 0 Å². The standard InChI is InChI=1S/C13H16N4O/c1-17(2)12-5-3-4-10(6-12)13(18)15-8-11-7-14-9-16-11/h3-7,9H,8H2,1-2H3,(H,14,16)(H,15,18). The molecule has 0 aliphatic carbocycles. The van der Waals surface area contributed by atoms with Gasteiger partial charge in [0.15, 0.2) is 0 Å². The number of amides is 1. The maximum Gasteiger partial charge on any atom is 0.251 e. The first-order chi connectivity index (χ1) is 8.66. The molecule has 1 aromatic heterocycles. The van der Waals surface area contributed by atoms with E-state index in [2.05, 4.69) is 15.3 Å². The Morgan fingerprint density at radius 1 is 1.44 bits per heavy atom. The third kappa shape index (κ3) is 2.88. The molecule has 0 atom stereocenters. The minimum Gasteiger partial charge on any atom is -0.378 e. The van der Waals surface area contributed by atoms with Crippen molar-refractivity contribution < 1.29 is 4.79 Å². The van der Waals surface area contributed by atoms with Gasteiger partial charge in [-0.3, -0.25) is 4.79 Å². The molecule has 18 heavy (non-hydrogen) atoms. The molecule has 0 fully saturated rings. The van der Waals surface area contributed by atoms with Crippen LogP contribution in [0.3, 0.4) is 0 Å². The van der Waals surface area contributed by atoms with Crippen molar-refractivity contribution in [2.75, 3.05) is 19.0 Å². The van der Waals surface area contributed by atoms with Crippen LogP contribution in [-0.2, 0) is 6.54 Å². The van der Waals surface area contributed by atoms with E-state index in [-0.39, 0.29) is 5.91 Å². The van der Waals surface area contributed by atoms with Crippen LogP contribution in [0.4, 0.5) is 5.69 Å². The van der Waals surface area contributed by atoms with Crippen LogP contribution in [0, 0.1) is 0 Å². The van der Waals surface area contributed by atoms with Crippen LogP contribution in [0.15, 0.2) is 36.8 Å².